The fourth-order valence-electron chi connectivity index (χ4n) is 1.94. The fourth-order valence-corrected chi connectivity index (χ4v) is 1.94. The Bertz CT molecular complexity index is 762. The van der Waals surface area contributed by atoms with Gasteiger partial charge in [-0.1, -0.05) is 12.1 Å². The van der Waals surface area contributed by atoms with E-state index >= 15 is 0 Å². The number of fused-ring (bicyclic) bond motifs is 1. The van der Waals surface area contributed by atoms with Crippen LogP contribution in [0.5, 0.6) is 0 Å². The van der Waals surface area contributed by atoms with Crippen LogP contribution < -0.4 is 0 Å². The number of benzene rings is 1. The lowest BCUT2D eigenvalue weighted by Crippen LogP contribution is -1.95. The summed E-state index contributed by atoms with van der Waals surface area (Å²) in [4.78, 5) is 14.9. The first-order chi connectivity index (χ1) is 9.16. The molecule has 0 fully saturated rings. The SMILES string of the molecule is O=C(O)c1ccc(-c2nccc3occ(F)c23)cc1. The first-order valence-electron chi connectivity index (χ1n) is 5.52. The van der Waals surface area contributed by atoms with Gasteiger partial charge in [0.15, 0.2) is 5.82 Å². The number of halogens is 1. The van der Waals surface area contributed by atoms with Gasteiger partial charge in [0.25, 0.3) is 0 Å². The number of hydrogen-bond acceptors (Lipinski definition) is 3. The molecule has 1 N–H and O–H groups in total. The largest absolute Gasteiger partial charge is 0.478 e. The second kappa shape index (κ2) is 4.20. The number of nitrogens with zero attached hydrogens (tertiary/aromatic N) is 1. The molecule has 3 aromatic rings. The lowest BCUT2D eigenvalue weighted by molar-refractivity contribution is 0.0697. The maximum atomic E-state index is 13.7. The summed E-state index contributed by atoms with van der Waals surface area (Å²) < 4.78 is 18.7. The number of aromatic nitrogens is 1. The summed E-state index contributed by atoms with van der Waals surface area (Å²) in [6, 6.07) is 7.68. The molecule has 0 saturated carbocycles. The van der Waals surface area contributed by atoms with E-state index in [1.165, 1.54) is 18.3 Å². The normalized spacial score (nSPS) is 10.8. The molecule has 0 amide bonds. The molecule has 1 aromatic carbocycles. The van der Waals surface area contributed by atoms with Crippen molar-refractivity contribution in [3.05, 3.63) is 54.2 Å². The second-order valence-corrected chi connectivity index (χ2v) is 4.00. The minimum Gasteiger partial charge on any atom is -0.478 e. The number of carboxylic acid groups (broad SMARTS) is 1. The molecule has 2 aromatic heterocycles. The molecule has 0 saturated heterocycles. The molecule has 5 heteroatoms. The number of pyridine rings is 1. The first-order valence-corrected chi connectivity index (χ1v) is 5.52. The van der Waals surface area contributed by atoms with Crippen LogP contribution in [-0.4, -0.2) is 16.1 Å². The van der Waals surface area contributed by atoms with E-state index in [0.29, 0.717) is 22.2 Å². The summed E-state index contributed by atoms with van der Waals surface area (Å²) in [6.07, 6.45) is 2.55. The standard InChI is InChI=1S/C14H8FNO3/c15-10-7-19-11-5-6-16-13(12(10)11)8-1-3-9(4-2-8)14(17)18/h1-7H,(H,17,18). The van der Waals surface area contributed by atoms with Gasteiger partial charge in [-0.2, -0.15) is 0 Å². The molecule has 0 atom stereocenters. The highest BCUT2D eigenvalue weighted by molar-refractivity contribution is 5.93. The molecule has 3 rings (SSSR count). The fraction of sp³-hybridized carbons (Fsp3) is 0. The van der Waals surface area contributed by atoms with Crippen molar-refractivity contribution >= 4 is 16.9 Å². The van der Waals surface area contributed by atoms with Crippen LogP contribution in [-0.2, 0) is 0 Å². The summed E-state index contributed by atoms with van der Waals surface area (Å²) >= 11 is 0. The van der Waals surface area contributed by atoms with E-state index in [9.17, 15) is 9.18 Å². The lowest BCUT2D eigenvalue weighted by atomic mass is 10.1. The highest BCUT2D eigenvalue weighted by atomic mass is 19.1. The summed E-state index contributed by atoms with van der Waals surface area (Å²) in [6.45, 7) is 0. The zero-order chi connectivity index (χ0) is 13.4. The van der Waals surface area contributed by atoms with Gasteiger partial charge in [-0.3, -0.25) is 4.98 Å². The van der Waals surface area contributed by atoms with Gasteiger partial charge < -0.3 is 9.52 Å². The molecular formula is C14H8FNO3. The Morgan fingerprint density at radius 1 is 1.21 bits per heavy atom. The highest BCUT2D eigenvalue weighted by Crippen LogP contribution is 2.29. The maximum Gasteiger partial charge on any atom is 0.335 e. The summed E-state index contributed by atoms with van der Waals surface area (Å²) in [5, 5.41) is 9.14. The third kappa shape index (κ3) is 1.85. The molecule has 2 heterocycles. The molecular weight excluding hydrogens is 249 g/mol. The molecule has 0 aliphatic rings. The van der Waals surface area contributed by atoms with Gasteiger partial charge in [0.05, 0.1) is 16.6 Å². The van der Waals surface area contributed by atoms with E-state index in [1.807, 2.05) is 0 Å². The van der Waals surface area contributed by atoms with Gasteiger partial charge in [0.1, 0.15) is 11.8 Å². The van der Waals surface area contributed by atoms with Crippen molar-refractivity contribution in [2.24, 2.45) is 0 Å². The van der Waals surface area contributed by atoms with Crippen LogP contribution in [0.4, 0.5) is 4.39 Å². The third-order valence-electron chi connectivity index (χ3n) is 2.85. The molecule has 0 spiro atoms. The minimum atomic E-state index is -1.01. The summed E-state index contributed by atoms with van der Waals surface area (Å²) in [5.41, 5.74) is 1.64. The predicted molar refractivity (Wildman–Crippen MR) is 66.4 cm³/mol. The van der Waals surface area contributed by atoms with Crippen LogP contribution in [0.15, 0.2) is 47.2 Å². The Hall–Kier alpha value is -2.69. The Morgan fingerprint density at radius 3 is 2.63 bits per heavy atom. The molecule has 0 unspecified atom stereocenters. The van der Waals surface area contributed by atoms with Crippen molar-refractivity contribution in [1.82, 2.24) is 4.98 Å². The van der Waals surface area contributed by atoms with Crippen LogP contribution in [0.2, 0.25) is 0 Å². The third-order valence-corrected chi connectivity index (χ3v) is 2.85. The molecule has 0 aliphatic carbocycles. The smallest absolute Gasteiger partial charge is 0.335 e. The van der Waals surface area contributed by atoms with Crippen LogP contribution in [0, 0.1) is 5.82 Å². The van der Waals surface area contributed by atoms with Crippen LogP contribution in [0.1, 0.15) is 10.4 Å². The molecule has 4 nitrogen and oxygen atoms in total. The average molecular weight is 257 g/mol. The quantitative estimate of drug-likeness (QED) is 0.764. The van der Waals surface area contributed by atoms with Gasteiger partial charge >= 0.3 is 5.97 Å². The number of hydrogen-bond donors (Lipinski definition) is 1. The van der Waals surface area contributed by atoms with E-state index in [2.05, 4.69) is 4.98 Å². The number of aromatic carboxylic acids is 1. The lowest BCUT2D eigenvalue weighted by Gasteiger charge is -2.02. The van der Waals surface area contributed by atoms with E-state index < -0.39 is 11.8 Å². The zero-order valence-corrected chi connectivity index (χ0v) is 9.63. The summed E-state index contributed by atoms with van der Waals surface area (Å²) in [5.74, 6) is -1.49. The van der Waals surface area contributed by atoms with Gasteiger partial charge in [-0.05, 0) is 18.2 Å². The molecule has 19 heavy (non-hydrogen) atoms. The molecule has 0 aliphatic heterocycles. The number of furan rings is 1. The van der Waals surface area contributed by atoms with Gasteiger partial charge in [0, 0.05) is 11.8 Å². The number of rotatable bonds is 2. The van der Waals surface area contributed by atoms with Crippen molar-refractivity contribution in [3.8, 4) is 11.3 Å². The van der Waals surface area contributed by atoms with Crippen molar-refractivity contribution in [3.63, 3.8) is 0 Å². The zero-order valence-electron chi connectivity index (χ0n) is 9.63. The van der Waals surface area contributed by atoms with Gasteiger partial charge in [-0.25, -0.2) is 9.18 Å². The average Bonchev–Trinajstić information content (AvgIpc) is 2.81. The first kappa shape index (κ1) is 11.4. The molecule has 0 radical (unpaired) electrons. The van der Waals surface area contributed by atoms with E-state index in [0.717, 1.165) is 6.26 Å². The Labute approximate surface area is 107 Å². The minimum absolute atomic E-state index is 0.170. The molecule has 0 bridgehead atoms. The Kier molecular flexibility index (Phi) is 2.52. The van der Waals surface area contributed by atoms with Gasteiger partial charge in [-0.15, -0.1) is 0 Å². The van der Waals surface area contributed by atoms with Crippen molar-refractivity contribution in [2.75, 3.05) is 0 Å². The molecule has 94 valence electrons. The van der Waals surface area contributed by atoms with Gasteiger partial charge in [0.2, 0.25) is 0 Å². The second-order valence-electron chi connectivity index (χ2n) is 4.00. The van der Waals surface area contributed by atoms with Crippen molar-refractivity contribution in [2.45, 2.75) is 0 Å². The van der Waals surface area contributed by atoms with E-state index in [1.54, 1.807) is 18.2 Å². The van der Waals surface area contributed by atoms with E-state index in [4.69, 9.17) is 9.52 Å². The van der Waals surface area contributed by atoms with Crippen LogP contribution in [0.3, 0.4) is 0 Å². The Balaban J connectivity index is 2.18. The predicted octanol–water partition coefficient (Wildman–Crippen LogP) is 3.33. The Morgan fingerprint density at radius 2 is 1.95 bits per heavy atom. The monoisotopic (exact) mass is 257 g/mol. The topological polar surface area (TPSA) is 63.3 Å². The summed E-state index contributed by atoms with van der Waals surface area (Å²) in [7, 11) is 0. The van der Waals surface area contributed by atoms with Crippen molar-refractivity contribution in [1.29, 1.82) is 0 Å². The maximum absolute atomic E-state index is 13.7. The number of carboxylic acids is 1. The van der Waals surface area contributed by atoms with Crippen LogP contribution in [0.25, 0.3) is 22.2 Å². The highest BCUT2D eigenvalue weighted by Gasteiger charge is 2.13. The van der Waals surface area contributed by atoms with Crippen LogP contribution >= 0.6 is 0 Å². The van der Waals surface area contributed by atoms with E-state index in [-0.39, 0.29) is 5.56 Å². The number of carbonyl (C=O) groups is 1. The van der Waals surface area contributed by atoms with Crippen molar-refractivity contribution < 1.29 is 18.7 Å².